The van der Waals surface area contributed by atoms with Crippen LogP contribution >= 0.6 is 0 Å². The number of methoxy groups -OCH3 is 1. The van der Waals surface area contributed by atoms with E-state index in [0.29, 0.717) is 12.0 Å². The van der Waals surface area contributed by atoms with Gasteiger partial charge in [0.25, 0.3) is 0 Å². The molecular formula is C16H18O4. The van der Waals surface area contributed by atoms with Gasteiger partial charge in [-0.25, -0.2) is 4.79 Å². The van der Waals surface area contributed by atoms with Gasteiger partial charge in [-0.1, -0.05) is 24.3 Å². The first-order chi connectivity index (χ1) is 9.60. The van der Waals surface area contributed by atoms with Gasteiger partial charge in [0, 0.05) is 6.42 Å². The van der Waals surface area contributed by atoms with Gasteiger partial charge in [-0.3, -0.25) is 4.79 Å². The van der Waals surface area contributed by atoms with Crippen molar-refractivity contribution in [1.29, 1.82) is 0 Å². The van der Waals surface area contributed by atoms with Crippen LogP contribution in [0.4, 0.5) is 0 Å². The molecule has 4 nitrogen and oxygen atoms in total. The Labute approximate surface area is 118 Å². The molecule has 0 fully saturated rings. The van der Waals surface area contributed by atoms with Crippen molar-refractivity contribution >= 4 is 11.8 Å². The fourth-order valence-corrected chi connectivity index (χ4v) is 2.23. The SMILES string of the molecule is COC(=O)c1ccc([C@@H]2CC=C[C@H](CC(C)=O)O2)cc1. The Balaban J connectivity index is 2.06. The Bertz CT molecular complexity index is 516. The molecule has 4 heteroatoms. The monoisotopic (exact) mass is 274 g/mol. The number of Topliss-reactive ketones (excluding diaryl/α,β-unsaturated/α-hetero) is 1. The highest BCUT2D eigenvalue weighted by atomic mass is 16.5. The van der Waals surface area contributed by atoms with E-state index < -0.39 is 0 Å². The zero-order valence-electron chi connectivity index (χ0n) is 11.7. The lowest BCUT2D eigenvalue weighted by atomic mass is 10.0. The van der Waals surface area contributed by atoms with Crippen LogP contribution in [0.25, 0.3) is 0 Å². The maximum absolute atomic E-state index is 11.4. The van der Waals surface area contributed by atoms with E-state index in [9.17, 15) is 9.59 Å². The minimum absolute atomic E-state index is 0.0731. The summed E-state index contributed by atoms with van der Waals surface area (Å²) in [6.45, 7) is 1.56. The van der Waals surface area contributed by atoms with Gasteiger partial charge in [0.05, 0.1) is 24.9 Å². The number of ketones is 1. The maximum Gasteiger partial charge on any atom is 0.337 e. The van der Waals surface area contributed by atoms with Crippen LogP contribution in [-0.2, 0) is 14.3 Å². The Morgan fingerprint density at radius 3 is 2.60 bits per heavy atom. The van der Waals surface area contributed by atoms with Gasteiger partial charge in [0.15, 0.2) is 0 Å². The molecule has 0 saturated carbocycles. The molecule has 0 radical (unpaired) electrons. The molecule has 0 spiro atoms. The number of benzene rings is 1. The fraction of sp³-hybridized carbons (Fsp3) is 0.375. The molecule has 1 aliphatic rings. The highest BCUT2D eigenvalue weighted by molar-refractivity contribution is 5.89. The van der Waals surface area contributed by atoms with Crippen LogP contribution < -0.4 is 0 Å². The Kier molecular flexibility index (Phi) is 4.69. The van der Waals surface area contributed by atoms with Gasteiger partial charge in [0.2, 0.25) is 0 Å². The summed E-state index contributed by atoms with van der Waals surface area (Å²) in [5.41, 5.74) is 1.51. The average Bonchev–Trinajstić information content (AvgIpc) is 2.46. The summed E-state index contributed by atoms with van der Waals surface area (Å²) in [6, 6.07) is 7.17. The van der Waals surface area contributed by atoms with Gasteiger partial charge in [0.1, 0.15) is 5.78 Å². The quantitative estimate of drug-likeness (QED) is 0.626. The molecule has 0 saturated heterocycles. The molecule has 1 aromatic carbocycles. The molecule has 1 heterocycles. The number of carbonyl (C=O) groups is 2. The van der Waals surface area contributed by atoms with Crippen molar-refractivity contribution in [2.45, 2.75) is 32.0 Å². The summed E-state index contributed by atoms with van der Waals surface area (Å²) in [5, 5.41) is 0. The lowest BCUT2D eigenvalue weighted by molar-refractivity contribution is -0.120. The second-order valence-corrected chi connectivity index (χ2v) is 4.85. The first kappa shape index (κ1) is 14.5. The van der Waals surface area contributed by atoms with Crippen LogP contribution in [0, 0.1) is 0 Å². The third-order valence-corrected chi connectivity index (χ3v) is 3.23. The van der Waals surface area contributed by atoms with Crippen LogP contribution in [0.1, 0.15) is 41.8 Å². The van der Waals surface area contributed by atoms with Crippen molar-refractivity contribution in [3.05, 3.63) is 47.5 Å². The lowest BCUT2D eigenvalue weighted by Gasteiger charge is -2.25. The van der Waals surface area contributed by atoms with E-state index >= 15 is 0 Å². The van der Waals surface area contributed by atoms with Crippen LogP contribution in [0.3, 0.4) is 0 Å². The van der Waals surface area contributed by atoms with E-state index in [1.165, 1.54) is 7.11 Å². The summed E-state index contributed by atoms with van der Waals surface area (Å²) < 4.78 is 10.5. The van der Waals surface area contributed by atoms with E-state index in [1.807, 2.05) is 24.3 Å². The molecule has 1 aliphatic heterocycles. The molecule has 1 aromatic rings. The van der Waals surface area contributed by atoms with Crippen molar-refractivity contribution in [3.8, 4) is 0 Å². The molecule has 0 amide bonds. The fourth-order valence-electron chi connectivity index (χ4n) is 2.23. The predicted molar refractivity (Wildman–Crippen MR) is 74.5 cm³/mol. The minimum atomic E-state index is -0.351. The molecule has 106 valence electrons. The topological polar surface area (TPSA) is 52.6 Å². The second kappa shape index (κ2) is 6.48. The van der Waals surface area contributed by atoms with E-state index in [-0.39, 0.29) is 24.0 Å². The lowest BCUT2D eigenvalue weighted by Crippen LogP contribution is -2.20. The van der Waals surface area contributed by atoms with Gasteiger partial charge in [-0.15, -0.1) is 0 Å². The number of hydrogen-bond donors (Lipinski definition) is 0. The van der Waals surface area contributed by atoms with Crippen molar-refractivity contribution in [2.75, 3.05) is 7.11 Å². The third kappa shape index (κ3) is 3.54. The highest BCUT2D eigenvalue weighted by Gasteiger charge is 2.21. The molecule has 0 aliphatic carbocycles. The number of carbonyl (C=O) groups excluding carboxylic acids is 2. The molecular weight excluding hydrogens is 256 g/mol. The zero-order chi connectivity index (χ0) is 14.5. The number of esters is 1. The zero-order valence-corrected chi connectivity index (χ0v) is 11.7. The largest absolute Gasteiger partial charge is 0.465 e. The van der Waals surface area contributed by atoms with Crippen molar-refractivity contribution in [2.24, 2.45) is 0 Å². The average molecular weight is 274 g/mol. The van der Waals surface area contributed by atoms with Gasteiger partial charge < -0.3 is 9.47 Å². The Morgan fingerprint density at radius 1 is 1.30 bits per heavy atom. The van der Waals surface area contributed by atoms with Crippen LogP contribution in [-0.4, -0.2) is 25.0 Å². The van der Waals surface area contributed by atoms with E-state index in [4.69, 9.17) is 4.74 Å². The summed E-state index contributed by atoms with van der Waals surface area (Å²) in [6.07, 6.45) is 4.90. The molecule has 20 heavy (non-hydrogen) atoms. The summed E-state index contributed by atoms with van der Waals surface area (Å²) >= 11 is 0. The van der Waals surface area contributed by atoms with Gasteiger partial charge >= 0.3 is 5.97 Å². The summed E-state index contributed by atoms with van der Waals surface area (Å²) in [5.74, 6) is -0.239. The van der Waals surface area contributed by atoms with E-state index in [2.05, 4.69) is 4.74 Å². The Morgan fingerprint density at radius 2 is 2.00 bits per heavy atom. The molecule has 0 aromatic heterocycles. The predicted octanol–water partition coefficient (Wildman–Crippen LogP) is 2.84. The van der Waals surface area contributed by atoms with Crippen molar-refractivity contribution in [1.82, 2.24) is 0 Å². The van der Waals surface area contributed by atoms with E-state index in [1.54, 1.807) is 19.1 Å². The second-order valence-electron chi connectivity index (χ2n) is 4.85. The molecule has 2 atom stereocenters. The van der Waals surface area contributed by atoms with Gasteiger partial charge in [-0.2, -0.15) is 0 Å². The summed E-state index contributed by atoms with van der Waals surface area (Å²) in [7, 11) is 1.36. The molecule has 2 rings (SSSR count). The van der Waals surface area contributed by atoms with Crippen LogP contribution in [0.15, 0.2) is 36.4 Å². The molecule has 0 unspecified atom stereocenters. The third-order valence-electron chi connectivity index (χ3n) is 3.23. The molecule has 0 N–H and O–H groups in total. The highest BCUT2D eigenvalue weighted by Crippen LogP contribution is 2.28. The maximum atomic E-state index is 11.4. The van der Waals surface area contributed by atoms with Crippen molar-refractivity contribution < 1.29 is 19.1 Å². The normalized spacial score (nSPS) is 21.5. The van der Waals surface area contributed by atoms with Crippen molar-refractivity contribution in [3.63, 3.8) is 0 Å². The number of hydrogen-bond acceptors (Lipinski definition) is 4. The first-order valence-electron chi connectivity index (χ1n) is 6.60. The molecule has 0 bridgehead atoms. The summed E-state index contributed by atoms with van der Waals surface area (Å²) in [4.78, 5) is 22.5. The van der Waals surface area contributed by atoms with Gasteiger partial charge in [-0.05, 0) is 31.0 Å². The minimum Gasteiger partial charge on any atom is -0.465 e. The standard InChI is InChI=1S/C16H18O4/c1-11(17)10-14-4-3-5-15(20-14)12-6-8-13(9-7-12)16(18)19-2/h3-4,6-9,14-15H,5,10H2,1-2H3/t14-,15+/m1/s1. The number of ether oxygens (including phenoxy) is 2. The van der Waals surface area contributed by atoms with Crippen LogP contribution in [0.5, 0.6) is 0 Å². The van der Waals surface area contributed by atoms with Crippen LogP contribution in [0.2, 0.25) is 0 Å². The Hall–Kier alpha value is -1.94. The van der Waals surface area contributed by atoms with E-state index in [0.717, 1.165) is 12.0 Å². The number of rotatable bonds is 4. The first-order valence-corrected chi connectivity index (χ1v) is 6.60. The smallest absolute Gasteiger partial charge is 0.337 e.